The van der Waals surface area contributed by atoms with E-state index in [1.807, 2.05) is 39.0 Å². The fraction of sp³-hybridized carbons (Fsp3) is 0.308. The number of allylic oxidation sites excluding steroid dienone is 1. The molecule has 7 nitrogen and oxygen atoms in total. The van der Waals surface area contributed by atoms with E-state index < -0.39 is 29.5 Å². The normalized spacial score (nSPS) is 17.4. The second-order valence-electron chi connectivity index (χ2n) is 8.18. The zero-order chi connectivity index (χ0) is 25.7. The lowest BCUT2D eigenvalue weighted by molar-refractivity contribution is -0.152. The first-order chi connectivity index (χ1) is 16.7. The van der Waals surface area contributed by atoms with Crippen LogP contribution >= 0.6 is 11.8 Å². The van der Waals surface area contributed by atoms with Crippen molar-refractivity contribution in [3.63, 3.8) is 0 Å². The van der Waals surface area contributed by atoms with Crippen LogP contribution in [0.15, 0.2) is 47.0 Å². The molecule has 2 atom stereocenters. The first kappa shape index (κ1) is 26.0. The molecule has 2 unspecified atom stereocenters. The highest BCUT2D eigenvalue weighted by Gasteiger charge is 2.45. The van der Waals surface area contributed by atoms with Gasteiger partial charge in [-0.05, 0) is 50.5 Å². The van der Waals surface area contributed by atoms with Crippen LogP contribution in [0, 0.1) is 43.8 Å². The maximum atomic E-state index is 14.7. The number of halogens is 1. The zero-order valence-electron chi connectivity index (χ0n) is 19.9. The monoisotopic (exact) mass is 495 g/mol. The Morgan fingerprint density at radius 3 is 2.46 bits per heavy atom. The summed E-state index contributed by atoms with van der Waals surface area (Å²) in [6.45, 7) is 7.38. The van der Waals surface area contributed by atoms with Gasteiger partial charge in [0.1, 0.15) is 11.7 Å². The van der Waals surface area contributed by atoms with Crippen molar-refractivity contribution in [3.8, 4) is 6.07 Å². The number of anilines is 1. The van der Waals surface area contributed by atoms with Crippen LogP contribution in [0.3, 0.4) is 0 Å². The number of amides is 2. The molecule has 0 spiro atoms. The minimum Gasteiger partial charge on any atom is -0.465 e. The molecule has 0 aliphatic carbocycles. The average Bonchev–Trinajstić information content (AvgIpc) is 2.80. The Kier molecular flexibility index (Phi) is 8.30. The van der Waals surface area contributed by atoms with Crippen molar-refractivity contribution in [3.05, 3.63) is 75.1 Å². The van der Waals surface area contributed by atoms with Crippen LogP contribution in [-0.2, 0) is 19.1 Å². The maximum absolute atomic E-state index is 14.7. The van der Waals surface area contributed by atoms with Gasteiger partial charge in [0.15, 0.2) is 0 Å². The molecule has 2 aromatic carbocycles. The number of aryl methyl sites for hydroxylation is 3. The largest absolute Gasteiger partial charge is 0.465 e. The fourth-order valence-electron chi connectivity index (χ4n) is 4.18. The molecule has 35 heavy (non-hydrogen) atoms. The molecule has 9 heteroatoms. The van der Waals surface area contributed by atoms with Crippen molar-refractivity contribution in [1.29, 1.82) is 5.26 Å². The van der Waals surface area contributed by atoms with Crippen LogP contribution in [0.25, 0.3) is 0 Å². The van der Waals surface area contributed by atoms with Gasteiger partial charge in [-0.3, -0.25) is 14.4 Å². The number of nitrogens with zero attached hydrogens (tertiary/aromatic N) is 1. The smallest absolute Gasteiger partial charge is 0.319 e. The van der Waals surface area contributed by atoms with E-state index in [-0.39, 0.29) is 34.4 Å². The summed E-state index contributed by atoms with van der Waals surface area (Å²) >= 11 is 0.946. The minimum atomic E-state index is -1.43. The number of ether oxygens (including phenoxy) is 1. The van der Waals surface area contributed by atoms with Crippen molar-refractivity contribution in [1.82, 2.24) is 5.32 Å². The summed E-state index contributed by atoms with van der Waals surface area (Å²) in [6, 6.07) is 11.6. The molecule has 2 aromatic rings. The molecule has 0 saturated heterocycles. The lowest BCUT2D eigenvalue weighted by Crippen LogP contribution is -2.44. The topological polar surface area (TPSA) is 108 Å². The lowest BCUT2D eigenvalue weighted by Gasteiger charge is -2.31. The predicted octanol–water partition coefficient (Wildman–Crippen LogP) is 4.25. The van der Waals surface area contributed by atoms with Gasteiger partial charge in [0.2, 0.25) is 11.8 Å². The van der Waals surface area contributed by atoms with E-state index >= 15 is 0 Å². The summed E-state index contributed by atoms with van der Waals surface area (Å²) in [4.78, 5) is 38.3. The molecule has 1 aliphatic rings. The molecule has 3 rings (SSSR count). The zero-order valence-corrected chi connectivity index (χ0v) is 20.7. The van der Waals surface area contributed by atoms with Gasteiger partial charge in [-0.25, -0.2) is 4.39 Å². The molecule has 0 aromatic heterocycles. The van der Waals surface area contributed by atoms with Gasteiger partial charge in [-0.2, -0.15) is 5.26 Å². The van der Waals surface area contributed by atoms with E-state index in [9.17, 15) is 24.0 Å². The standard InChI is InChI=1S/C26H26FN3O4S/c1-5-34-26(33)22-21(17-8-6-7-9-19(17)27)18(12-28)25(30-24(22)32)35-13-20(31)29-23-15(3)10-14(2)11-16(23)4/h6-11,21-22H,5,13H2,1-4H3,(H,29,31)(H,30,32). The first-order valence-electron chi connectivity index (χ1n) is 11.0. The van der Waals surface area contributed by atoms with Gasteiger partial charge >= 0.3 is 5.97 Å². The second-order valence-corrected chi connectivity index (χ2v) is 9.17. The van der Waals surface area contributed by atoms with E-state index in [0.29, 0.717) is 5.69 Å². The third-order valence-corrected chi connectivity index (χ3v) is 6.62. The summed E-state index contributed by atoms with van der Waals surface area (Å²) < 4.78 is 19.8. The molecular weight excluding hydrogens is 469 g/mol. The Balaban J connectivity index is 1.92. The highest BCUT2D eigenvalue weighted by atomic mass is 32.2. The summed E-state index contributed by atoms with van der Waals surface area (Å²) in [7, 11) is 0. The van der Waals surface area contributed by atoms with Gasteiger partial charge < -0.3 is 15.4 Å². The maximum Gasteiger partial charge on any atom is 0.319 e. The van der Waals surface area contributed by atoms with Crippen LogP contribution in [0.4, 0.5) is 10.1 Å². The number of carbonyl (C=O) groups is 3. The molecular formula is C26H26FN3O4S. The molecule has 0 saturated carbocycles. The molecule has 0 radical (unpaired) electrons. The molecule has 2 amide bonds. The molecule has 0 fully saturated rings. The molecule has 2 N–H and O–H groups in total. The van der Waals surface area contributed by atoms with E-state index in [1.54, 1.807) is 13.0 Å². The minimum absolute atomic E-state index is 0.00625. The summed E-state index contributed by atoms with van der Waals surface area (Å²) in [6.07, 6.45) is 0. The molecule has 182 valence electrons. The lowest BCUT2D eigenvalue weighted by atomic mass is 9.78. The molecule has 1 aliphatic heterocycles. The Morgan fingerprint density at radius 2 is 1.86 bits per heavy atom. The van der Waals surface area contributed by atoms with E-state index in [2.05, 4.69) is 10.6 Å². The Hall–Kier alpha value is -3.64. The number of hydrogen-bond donors (Lipinski definition) is 2. The number of rotatable bonds is 7. The quantitative estimate of drug-likeness (QED) is 0.439. The van der Waals surface area contributed by atoms with Gasteiger partial charge in [0.05, 0.1) is 29.0 Å². The molecule has 1 heterocycles. The van der Waals surface area contributed by atoms with Crippen LogP contribution in [0.5, 0.6) is 0 Å². The SMILES string of the molecule is CCOC(=O)C1C(=O)NC(SCC(=O)Nc2c(C)cc(C)cc2C)=C(C#N)C1c1ccccc1F. The number of esters is 1. The number of hydrogen-bond acceptors (Lipinski definition) is 6. The third kappa shape index (κ3) is 5.72. The van der Waals surface area contributed by atoms with Crippen molar-refractivity contribution < 1.29 is 23.5 Å². The van der Waals surface area contributed by atoms with Crippen molar-refractivity contribution >= 4 is 35.2 Å². The Morgan fingerprint density at radius 1 is 1.20 bits per heavy atom. The predicted molar refractivity (Wildman–Crippen MR) is 132 cm³/mol. The number of nitrogens with one attached hydrogen (secondary N) is 2. The van der Waals surface area contributed by atoms with Gasteiger partial charge in [0.25, 0.3) is 0 Å². The highest BCUT2D eigenvalue weighted by molar-refractivity contribution is 8.03. The third-order valence-electron chi connectivity index (χ3n) is 5.60. The fourth-order valence-corrected chi connectivity index (χ4v) is 5.03. The number of benzene rings is 2. The van der Waals surface area contributed by atoms with Crippen molar-refractivity contribution in [2.24, 2.45) is 5.92 Å². The number of nitriles is 1. The van der Waals surface area contributed by atoms with Gasteiger partial charge in [-0.15, -0.1) is 0 Å². The van der Waals surface area contributed by atoms with Crippen molar-refractivity contribution in [2.75, 3.05) is 17.7 Å². The summed E-state index contributed by atoms with van der Waals surface area (Å²) in [5, 5.41) is 15.5. The molecule has 0 bridgehead atoms. The van der Waals surface area contributed by atoms with E-state index in [4.69, 9.17) is 4.74 Å². The van der Waals surface area contributed by atoms with Crippen LogP contribution in [0.2, 0.25) is 0 Å². The van der Waals surface area contributed by atoms with E-state index in [0.717, 1.165) is 28.5 Å². The number of carbonyl (C=O) groups excluding carboxylic acids is 3. The van der Waals surface area contributed by atoms with Crippen LogP contribution in [0.1, 0.15) is 35.1 Å². The van der Waals surface area contributed by atoms with Gasteiger partial charge in [0, 0.05) is 11.6 Å². The van der Waals surface area contributed by atoms with Crippen molar-refractivity contribution in [2.45, 2.75) is 33.6 Å². The van der Waals surface area contributed by atoms with Crippen LogP contribution < -0.4 is 10.6 Å². The Labute approximate surface area is 207 Å². The number of thioether (sulfide) groups is 1. The van der Waals surface area contributed by atoms with Gasteiger partial charge in [-0.1, -0.05) is 47.7 Å². The second kappa shape index (κ2) is 11.2. The summed E-state index contributed by atoms with van der Waals surface area (Å²) in [5.41, 5.74) is 3.64. The Bertz CT molecular complexity index is 1230. The van der Waals surface area contributed by atoms with E-state index in [1.165, 1.54) is 18.2 Å². The first-order valence-corrected chi connectivity index (χ1v) is 12.0. The highest BCUT2D eigenvalue weighted by Crippen LogP contribution is 2.41. The summed E-state index contributed by atoms with van der Waals surface area (Å²) in [5.74, 6) is -5.27. The average molecular weight is 496 g/mol. The van der Waals surface area contributed by atoms with Crippen LogP contribution in [-0.4, -0.2) is 30.1 Å².